The third kappa shape index (κ3) is 4.03. The molecule has 0 radical (unpaired) electrons. The molecule has 0 fully saturated rings. The highest BCUT2D eigenvalue weighted by Crippen LogP contribution is 2.21. The van der Waals surface area contributed by atoms with Gasteiger partial charge in [0.25, 0.3) is 0 Å². The second-order valence-corrected chi connectivity index (χ2v) is 5.70. The highest BCUT2D eigenvalue weighted by molar-refractivity contribution is 5.51. The van der Waals surface area contributed by atoms with Crippen LogP contribution in [0, 0.1) is 0 Å². The number of rotatable bonds is 6. The van der Waals surface area contributed by atoms with E-state index in [-0.39, 0.29) is 0 Å². The number of nitrogens with zero attached hydrogens (tertiary/aromatic N) is 2. The molecule has 21 heavy (non-hydrogen) atoms. The molecule has 0 spiro atoms. The molecule has 2 aromatic heterocycles. The van der Waals surface area contributed by atoms with Gasteiger partial charge in [0.1, 0.15) is 11.6 Å². The molecule has 0 bridgehead atoms. The molecule has 2 heterocycles. The van der Waals surface area contributed by atoms with E-state index in [4.69, 9.17) is 0 Å². The van der Waals surface area contributed by atoms with Gasteiger partial charge in [-0.3, -0.25) is 0 Å². The fraction of sp³-hybridized carbons (Fsp3) is 0.444. The molecule has 0 aliphatic heterocycles. The number of hydrogen-bond donors (Lipinski definition) is 1. The predicted molar refractivity (Wildman–Crippen MR) is 89.2 cm³/mol. The molecule has 0 amide bonds. The topological polar surface area (TPSA) is 37.8 Å². The second kappa shape index (κ2) is 7.21. The van der Waals surface area contributed by atoms with Crippen LogP contribution in [-0.4, -0.2) is 9.97 Å². The lowest BCUT2D eigenvalue weighted by Gasteiger charge is -2.11. The Bertz CT molecular complexity index is 494. The van der Waals surface area contributed by atoms with Crippen molar-refractivity contribution in [3.63, 3.8) is 0 Å². The van der Waals surface area contributed by atoms with Crippen LogP contribution in [0.3, 0.4) is 0 Å². The number of aromatic nitrogens is 2. The van der Waals surface area contributed by atoms with Crippen LogP contribution in [0.1, 0.15) is 63.5 Å². The first kappa shape index (κ1) is 15.5. The Labute approximate surface area is 127 Å². The van der Waals surface area contributed by atoms with Crippen LogP contribution in [-0.2, 0) is 0 Å². The lowest BCUT2D eigenvalue weighted by atomic mass is 10.0. The summed E-state index contributed by atoms with van der Waals surface area (Å²) in [6.45, 7) is 8.83. The minimum atomic E-state index is 0.555. The minimum Gasteiger partial charge on any atom is -0.325 e. The van der Waals surface area contributed by atoms with Gasteiger partial charge >= 0.3 is 0 Å². The van der Waals surface area contributed by atoms with Crippen molar-refractivity contribution in [1.29, 1.82) is 0 Å². The van der Waals surface area contributed by atoms with Crippen molar-refractivity contribution >= 4 is 11.6 Å². The van der Waals surface area contributed by atoms with E-state index in [1.807, 2.05) is 24.5 Å². The van der Waals surface area contributed by atoms with Crippen molar-refractivity contribution in [3.05, 3.63) is 47.8 Å². The molecular formula is C18H25N3. The number of hydrogen-bond acceptors (Lipinski definition) is 3. The van der Waals surface area contributed by atoms with E-state index in [9.17, 15) is 0 Å². The van der Waals surface area contributed by atoms with E-state index >= 15 is 0 Å². The highest BCUT2D eigenvalue weighted by Gasteiger charge is 2.05. The monoisotopic (exact) mass is 283 g/mol. The number of anilines is 2. The smallest absolute Gasteiger partial charge is 0.131 e. The minimum absolute atomic E-state index is 0.555. The third-order valence-electron chi connectivity index (χ3n) is 4.19. The first-order valence-electron chi connectivity index (χ1n) is 7.83. The predicted octanol–water partition coefficient (Wildman–Crippen LogP) is 5.25. The van der Waals surface area contributed by atoms with Crippen LogP contribution >= 0.6 is 0 Å². The number of pyridine rings is 2. The molecule has 2 atom stereocenters. The summed E-state index contributed by atoms with van der Waals surface area (Å²) in [6, 6.07) is 8.31. The van der Waals surface area contributed by atoms with Crippen LogP contribution in [0.2, 0.25) is 0 Å². The lowest BCUT2D eigenvalue weighted by Crippen LogP contribution is -1.99. The first-order chi connectivity index (χ1) is 10.1. The van der Waals surface area contributed by atoms with Gasteiger partial charge in [0.15, 0.2) is 0 Å². The highest BCUT2D eigenvalue weighted by atomic mass is 15.0. The van der Waals surface area contributed by atoms with Gasteiger partial charge in [-0.1, -0.05) is 39.8 Å². The van der Waals surface area contributed by atoms with E-state index in [0.29, 0.717) is 11.8 Å². The van der Waals surface area contributed by atoms with Gasteiger partial charge in [0.2, 0.25) is 0 Å². The summed E-state index contributed by atoms with van der Waals surface area (Å²) in [5.74, 6) is 2.79. The average molecular weight is 283 g/mol. The third-order valence-corrected chi connectivity index (χ3v) is 4.19. The van der Waals surface area contributed by atoms with Crippen LogP contribution in [0.5, 0.6) is 0 Å². The molecule has 112 valence electrons. The van der Waals surface area contributed by atoms with Crippen molar-refractivity contribution in [2.75, 3.05) is 5.32 Å². The fourth-order valence-corrected chi connectivity index (χ4v) is 2.14. The molecule has 0 saturated carbocycles. The van der Waals surface area contributed by atoms with Gasteiger partial charge in [0, 0.05) is 12.4 Å². The molecule has 0 aliphatic carbocycles. The largest absolute Gasteiger partial charge is 0.325 e. The molecule has 0 aromatic carbocycles. The summed E-state index contributed by atoms with van der Waals surface area (Å²) < 4.78 is 0. The second-order valence-electron chi connectivity index (χ2n) is 5.70. The van der Waals surface area contributed by atoms with Gasteiger partial charge in [-0.15, -0.1) is 0 Å². The van der Waals surface area contributed by atoms with Gasteiger partial charge in [-0.25, -0.2) is 9.97 Å². The van der Waals surface area contributed by atoms with Gasteiger partial charge in [-0.2, -0.15) is 0 Å². The maximum Gasteiger partial charge on any atom is 0.131 e. The van der Waals surface area contributed by atoms with Crippen LogP contribution in [0.15, 0.2) is 36.7 Å². The van der Waals surface area contributed by atoms with Gasteiger partial charge in [-0.05, 0) is 47.9 Å². The summed E-state index contributed by atoms with van der Waals surface area (Å²) in [7, 11) is 0. The molecule has 1 N–H and O–H groups in total. The Hall–Kier alpha value is -1.90. The SMILES string of the molecule is CCC(C)c1ccc(Nc2ccc(C(C)CC)cn2)nc1. The van der Waals surface area contributed by atoms with Crippen LogP contribution in [0.25, 0.3) is 0 Å². The van der Waals surface area contributed by atoms with Gasteiger partial charge < -0.3 is 5.32 Å². The lowest BCUT2D eigenvalue weighted by molar-refractivity contribution is 0.729. The average Bonchev–Trinajstić information content (AvgIpc) is 2.55. The molecule has 0 aliphatic rings. The molecule has 3 nitrogen and oxygen atoms in total. The van der Waals surface area contributed by atoms with Crippen LogP contribution in [0.4, 0.5) is 11.6 Å². The van der Waals surface area contributed by atoms with Crippen molar-refractivity contribution in [1.82, 2.24) is 9.97 Å². The zero-order chi connectivity index (χ0) is 15.2. The molecule has 2 aromatic rings. The van der Waals surface area contributed by atoms with E-state index in [1.54, 1.807) is 0 Å². The summed E-state index contributed by atoms with van der Waals surface area (Å²) in [5, 5.41) is 3.25. The zero-order valence-corrected chi connectivity index (χ0v) is 13.4. The fourth-order valence-electron chi connectivity index (χ4n) is 2.14. The molecule has 3 heteroatoms. The van der Waals surface area contributed by atoms with Crippen molar-refractivity contribution in [3.8, 4) is 0 Å². The van der Waals surface area contributed by atoms with E-state index in [2.05, 4.69) is 55.1 Å². The summed E-state index contributed by atoms with van der Waals surface area (Å²) in [4.78, 5) is 8.93. The van der Waals surface area contributed by atoms with E-state index in [1.165, 1.54) is 11.1 Å². The first-order valence-corrected chi connectivity index (χ1v) is 7.83. The quantitative estimate of drug-likeness (QED) is 0.787. The van der Waals surface area contributed by atoms with Crippen molar-refractivity contribution < 1.29 is 0 Å². The Kier molecular flexibility index (Phi) is 5.32. The zero-order valence-electron chi connectivity index (χ0n) is 13.4. The standard InChI is InChI=1S/C18H25N3/c1-5-13(3)15-7-9-17(19-11-15)21-18-10-8-16(12-20-18)14(4)6-2/h7-14H,5-6H2,1-4H3,(H,19,20,21). The molecule has 0 saturated heterocycles. The maximum atomic E-state index is 4.47. The normalized spacial score (nSPS) is 13.7. The van der Waals surface area contributed by atoms with Crippen LogP contribution < -0.4 is 5.32 Å². The Morgan fingerprint density at radius 1 is 0.810 bits per heavy atom. The Morgan fingerprint density at radius 2 is 1.24 bits per heavy atom. The summed E-state index contributed by atoms with van der Waals surface area (Å²) >= 11 is 0. The Balaban J connectivity index is 2.04. The van der Waals surface area contributed by atoms with Crippen molar-refractivity contribution in [2.45, 2.75) is 52.4 Å². The summed E-state index contributed by atoms with van der Waals surface area (Å²) in [5.41, 5.74) is 2.56. The van der Waals surface area contributed by atoms with E-state index < -0.39 is 0 Å². The maximum absolute atomic E-state index is 4.47. The molecule has 2 unspecified atom stereocenters. The van der Waals surface area contributed by atoms with E-state index in [0.717, 1.165) is 24.5 Å². The number of nitrogens with one attached hydrogen (secondary N) is 1. The molecular weight excluding hydrogens is 258 g/mol. The summed E-state index contributed by atoms with van der Waals surface area (Å²) in [6.07, 6.45) is 6.16. The van der Waals surface area contributed by atoms with Crippen molar-refractivity contribution in [2.24, 2.45) is 0 Å². The molecule has 2 rings (SSSR count). The Morgan fingerprint density at radius 3 is 1.52 bits per heavy atom. The van der Waals surface area contributed by atoms with Gasteiger partial charge in [0.05, 0.1) is 0 Å².